The van der Waals surface area contributed by atoms with E-state index in [1.807, 2.05) is 52.8 Å². The van der Waals surface area contributed by atoms with Gasteiger partial charge >= 0.3 is 0 Å². The van der Waals surface area contributed by atoms with Gasteiger partial charge in [0.2, 0.25) is 0 Å². The maximum absolute atomic E-state index is 13.3. The Bertz CT molecular complexity index is 946. The van der Waals surface area contributed by atoms with Gasteiger partial charge in [0.05, 0.1) is 12.8 Å². The van der Waals surface area contributed by atoms with Crippen LogP contribution in [0.15, 0.2) is 42.7 Å². The number of hydrogen-bond donors (Lipinski definition) is 0. The van der Waals surface area contributed by atoms with E-state index in [1.165, 1.54) is 0 Å². The molecule has 0 unspecified atom stereocenters. The molecule has 7 heteroatoms. The highest BCUT2D eigenvalue weighted by atomic mass is 16.5. The Morgan fingerprint density at radius 1 is 1.15 bits per heavy atom. The van der Waals surface area contributed by atoms with Crippen molar-refractivity contribution >= 4 is 17.4 Å². The summed E-state index contributed by atoms with van der Waals surface area (Å²) in [7, 11) is 1.62. The molecule has 3 aromatic heterocycles. The summed E-state index contributed by atoms with van der Waals surface area (Å²) < 4.78 is 7.26. The molecule has 3 aromatic rings. The minimum atomic E-state index is 0.0215. The Morgan fingerprint density at radius 2 is 1.96 bits per heavy atom. The summed E-state index contributed by atoms with van der Waals surface area (Å²) in [5.41, 5.74) is 2.13. The van der Waals surface area contributed by atoms with Gasteiger partial charge in [-0.2, -0.15) is 0 Å². The second-order valence-corrected chi connectivity index (χ2v) is 6.50. The van der Waals surface area contributed by atoms with Gasteiger partial charge in [0.25, 0.3) is 5.91 Å². The first kappa shape index (κ1) is 17.3. The van der Waals surface area contributed by atoms with Crippen LogP contribution >= 0.6 is 0 Å². The van der Waals surface area contributed by atoms with E-state index in [0.717, 1.165) is 24.6 Å². The molecular formula is C20H23N5O2. The van der Waals surface area contributed by atoms with Gasteiger partial charge in [0.15, 0.2) is 11.4 Å². The summed E-state index contributed by atoms with van der Waals surface area (Å²) in [5, 5.41) is 0. The number of anilines is 1. The second-order valence-electron chi connectivity index (χ2n) is 6.50. The molecule has 0 N–H and O–H groups in total. The summed E-state index contributed by atoms with van der Waals surface area (Å²) in [4.78, 5) is 26.5. The fourth-order valence-corrected chi connectivity index (χ4v) is 3.55. The molecule has 0 aromatic carbocycles. The van der Waals surface area contributed by atoms with Crippen LogP contribution in [0.2, 0.25) is 0 Å². The van der Waals surface area contributed by atoms with Crippen molar-refractivity contribution in [3.63, 3.8) is 0 Å². The Hall–Kier alpha value is -3.09. The molecule has 0 spiro atoms. The molecule has 4 heterocycles. The molecule has 140 valence electrons. The van der Waals surface area contributed by atoms with Crippen molar-refractivity contribution in [1.29, 1.82) is 0 Å². The number of aryl methyl sites for hydroxylation is 1. The normalized spacial score (nSPS) is 14.6. The molecule has 0 bridgehead atoms. The molecule has 0 aliphatic carbocycles. The quantitative estimate of drug-likeness (QED) is 0.710. The van der Waals surface area contributed by atoms with Crippen LogP contribution in [0, 0.1) is 0 Å². The van der Waals surface area contributed by atoms with Gasteiger partial charge in [-0.25, -0.2) is 9.97 Å². The average molecular weight is 365 g/mol. The van der Waals surface area contributed by atoms with E-state index in [1.54, 1.807) is 13.3 Å². The summed E-state index contributed by atoms with van der Waals surface area (Å²) in [6.45, 7) is 4.88. The van der Waals surface area contributed by atoms with Crippen LogP contribution in [0.3, 0.4) is 0 Å². The predicted octanol–water partition coefficient (Wildman–Crippen LogP) is 2.26. The van der Waals surface area contributed by atoms with E-state index in [-0.39, 0.29) is 5.91 Å². The van der Waals surface area contributed by atoms with Crippen molar-refractivity contribution < 1.29 is 9.53 Å². The zero-order chi connectivity index (χ0) is 18.8. The van der Waals surface area contributed by atoms with E-state index in [9.17, 15) is 4.79 Å². The fourth-order valence-electron chi connectivity index (χ4n) is 3.55. The van der Waals surface area contributed by atoms with Crippen molar-refractivity contribution in [2.75, 3.05) is 38.2 Å². The van der Waals surface area contributed by atoms with Gasteiger partial charge in [0.1, 0.15) is 11.5 Å². The number of rotatable bonds is 4. The lowest BCUT2D eigenvalue weighted by Gasteiger charge is -2.35. The molecule has 7 nitrogen and oxygen atoms in total. The van der Waals surface area contributed by atoms with Crippen LogP contribution in [-0.4, -0.2) is 58.5 Å². The number of imidazole rings is 1. The largest absolute Gasteiger partial charge is 0.493 e. The Labute approximate surface area is 158 Å². The van der Waals surface area contributed by atoms with E-state index < -0.39 is 0 Å². The standard InChI is InChI=1S/C20H23N5O2/c1-3-15-18(25-10-6-7-16(27-2)19(25)22-15)20(26)24-13-11-23(12-14-24)17-8-4-5-9-21-17/h4-10H,3,11-14H2,1-2H3. The molecule has 1 amide bonds. The van der Waals surface area contributed by atoms with Crippen molar-refractivity contribution in [1.82, 2.24) is 19.3 Å². The Morgan fingerprint density at radius 3 is 2.63 bits per heavy atom. The van der Waals surface area contributed by atoms with Gasteiger partial charge < -0.3 is 14.5 Å². The minimum Gasteiger partial charge on any atom is -0.493 e. The van der Waals surface area contributed by atoms with Crippen LogP contribution in [0.5, 0.6) is 5.75 Å². The zero-order valence-electron chi connectivity index (χ0n) is 15.6. The third-order valence-corrected chi connectivity index (χ3v) is 4.98. The van der Waals surface area contributed by atoms with Crippen molar-refractivity contribution in [2.45, 2.75) is 13.3 Å². The summed E-state index contributed by atoms with van der Waals surface area (Å²) in [6.07, 6.45) is 4.37. The topological polar surface area (TPSA) is 63.0 Å². The first-order chi connectivity index (χ1) is 13.2. The van der Waals surface area contributed by atoms with E-state index in [0.29, 0.717) is 36.6 Å². The molecule has 1 saturated heterocycles. The van der Waals surface area contributed by atoms with Gasteiger partial charge in [0, 0.05) is 38.6 Å². The number of piperazine rings is 1. The van der Waals surface area contributed by atoms with Crippen LogP contribution < -0.4 is 9.64 Å². The number of methoxy groups -OCH3 is 1. The van der Waals surface area contributed by atoms with Crippen molar-refractivity contribution in [2.24, 2.45) is 0 Å². The highest BCUT2D eigenvalue weighted by molar-refractivity contribution is 5.95. The monoisotopic (exact) mass is 365 g/mol. The van der Waals surface area contributed by atoms with Crippen LogP contribution in [-0.2, 0) is 6.42 Å². The molecule has 0 saturated carbocycles. The van der Waals surface area contributed by atoms with Gasteiger partial charge in [-0.1, -0.05) is 13.0 Å². The van der Waals surface area contributed by atoms with Crippen LogP contribution in [0.4, 0.5) is 5.82 Å². The lowest BCUT2D eigenvalue weighted by molar-refractivity contribution is 0.0738. The number of aromatic nitrogens is 3. The SMILES string of the molecule is CCc1nc2c(OC)cccn2c1C(=O)N1CCN(c2ccccn2)CC1. The summed E-state index contributed by atoms with van der Waals surface area (Å²) in [5.74, 6) is 1.65. The number of carbonyl (C=O) groups excluding carboxylic acids is 1. The van der Waals surface area contributed by atoms with Gasteiger partial charge in [-0.15, -0.1) is 0 Å². The average Bonchev–Trinajstić information content (AvgIpc) is 3.12. The molecular weight excluding hydrogens is 342 g/mol. The molecule has 1 aliphatic heterocycles. The molecule has 4 rings (SSSR count). The minimum absolute atomic E-state index is 0.0215. The smallest absolute Gasteiger partial charge is 0.272 e. The number of nitrogens with zero attached hydrogens (tertiary/aromatic N) is 5. The highest BCUT2D eigenvalue weighted by Gasteiger charge is 2.27. The number of hydrogen-bond acceptors (Lipinski definition) is 5. The predicted molar refractivity (Wildman–Crippen MR) is 103 cm³/mol. The van der Waals surface area contributed by atoms with Crippen LogP contribution in [0.1, 0.15) is 23.1 Å². The third kappa shape index (κ3) is 3.09. The number of carbonyl (C=O) groups is 1. The second kappa shape index (κ2) is 7.26. The number of amides is 1. The first-order valence-corrected chi connectivity index (χ1v) is 9.22. The van der Waals surface area contributed by atoms with Crippen molar-refractivity contribution in [3.05, 3.63) is 54.1 Å². The number of ether oxygens (including phenoxy) is 1. The van der Waals surface area contributed by atoms with E-state index >= 15 is 0 Å². The molecule has 0 radical (unpaired) electrons. The maximum atomic E-state index is 13.3. The number of fused-ring (bicyclic) bond motifs is 1. The van der Waals surface area contributed by atoms with Crippen LogP contribution in [0.25, 0.3) is 5.65 Å². The highest BCUT2D eigenvalue weighted by Crippen LogP contribution is 2.24. The zero-order valence-corrected chi connectivity index (χ0v) is 15.6. The molecule has 1 aliphatic rings. The summed E-state index contributed by atoms with van der Waals surface area (Å²) >= 11 is 0. The first-order valence-electron chi connectivity index (χ1n) is 9.22. The molecule has 1 fully saturated rings. The third-order valence-electron chi connectivity index (χ3n) is 4.98. The number of pyridine rings is 2. The van der Waals surface area contributed by atoms with E-state index in [2.05, 4.69) is 14.9 Å². The van der Waals surface area contributed by atoms with Gasteiger partial charge in [-0.3, -0.25) is 9.20 Å². The lowest BCUT2D eigenvalue weighted by Crippen LogP contribution is -2.49. The van der Waals surface area contributed by atoms with E-state index in [4.69, 9.17) is 4.74 Å². The molecule has 27 heavy (non-hydrogen) atoms. The maximum Gasteiger partial charge on any atom is 0.272 e. The van der Waals surface area contributed by atoms with Gasteiger partial charge in [-0.05, 0) is 30.7 Å². The lowest BCUT2D eigenvalue weighted by atomic mass is 10.2. The fraction of sp³-hybridized carbons (Fsp3) is 0.350. The van der Waals surface area contributed by atoms with Crippen molar-refractivity contribution in [3.8, 4) is 5.75 Å². The Balaban J connectivity index is 1.59. The molecule has 0 atom stereocenters. The Kier molecular flexibility index (Phi) is 4.66. The summed E-state index contributed by atoms with van der Waals surface area (Å²) in [6, 6.07) is 9.64.